The van der Waals surface area contributed by atoms with Gasteiger partial charge in [0.2, 0.25) is 0 Å². The zero-order valence-corrected chi connectivity index (χ0v) is 17.5. The molecule has 3 aromatic rings. The van der Waals surface area contributed by atoms with Gasteiger partial charge in [0.25, 0.3) is 5.56 Å². The molecule has 3 rings (SSSR count). The van der Waals surface area contributed by atoms with Crippen LogP contribution in [0.2, 0.25) is 5.02 Å². The fourth-order valence-electron chi connectivity index (χ4n) is 2.60. The second-order valence-electron chi connectivity index (χ2n) is 5.80. The normalized spacial score (nSPS) is 11.2. The Labute approximate surface area is 173 Å². The summed E-state index contributed by atoms with van der Waals surface area (Å²) in [5, 5.41) is 5.01. The number of carbonyl (C=O) groups is 1. The predicted molar refractivity (Wildman–Crippen MR) is 111 cm³/mol. The summed E-state index contributed by atoms with van der Waals surface area (Å²) in [5.41, 5.74) is 0.616. The standard InChI is InChI=1S/C19H15BrClN3O4/c1-10-23-16-5-4-13(20)7-15(16)19(26)24(10)22-9-12-6-14(21)8-17(27-3)18(12)28-11(2)25/h4-9H,1-3H3. The number of hydrogen-bond donors (Lipinski definition) is 0. The van der Waals surface area contributed by atoms with Gasteiger partial charge in [-0.05, 0) is 31.2 Å². The Morgan fingerprint density at radius 1 is 1.32 bits per heavy atom. The lowest BCUT2D eigenvalue weighted by atomic mass is 10.2. The zero-order chi connectivity index (χ0) is 20.4. The molecule has 9 heteroatoms. The molecule has 7 nitrogen and oxygen atoms in total. The van der Waals surface area contributed by atoms with Crippen LogP contribution in [0.4, 0.5) is 0 Å². The van der Waals surface area contributed by atoms with Gasteiger partial charge in [0.05, 0.1) is 24.2 Å². The van der Waals surface area contributed by atoms with E-state index in [0.717, 1.165) is 4.47 Å². The molecule has 0 N–H and O–H groups in total. The van der Waals surface area contributed by atoms with Gasteiger partial charge >= 0.3 is 5.97 Å². The highest BCUT2D eigenvalue weighted by molar-refractivity contribution is 9.10. The zero-order valence-electron chi connectivity index (χ0n) is 15.2. The van der Waals surface area contributed by atoms with Crippen molar-refractivity contribution < 1.29 is 14.3 Å². The van der Waals surface area contributed by atoms with Gasteiger partial charge in [-0.2, -0.15) is 9.78 Å². The number of aromatic nitrogens is 2. The van der Waals surface area contributed by atoms with Gasteiger partial charge in [0.1, 0.15) is 5.82 Å². The van der Waals surface area contributed by atoms with Crippen molar-refractivity contribution in [2.75, 3.05) is 7.11 Å². The van der Waals surface area contributed by atoms with E-state index in [1.165, 1.54) is 31.0 Å². The molecule has 0 fully saturated rings. The minimum absolute atomic E-state index is 0.158. The summed E-state index contributed by atoms with van der Waals surface area (Å²) in [6, 6.07) is 8.32. The number of ether oxygens (including phenoxy) is 2. The average molecular weight is 465 g/mol. The summed E-state index contributed by atoms with van der Waals surface area (Å²) in [6.45, 7) is 2.94. The van der Waals surface area contributed by atoms with Crippen molar-refractivity contribution in [3.05, 3.63) is 61.6 Å². The van der Waals surface area contributed by atoms with Gasteiger partial charge < -0.3 is 9.47 Å². The van der Waals surface area contributed by atoms with Crippen molar-refractivity contribution in [2.24, 2.45) is 5.10 Å². The SMILES string of the molecule is COc1cc(Cl)cc(C=Nn2c(C)nc3ccc(Br)cc3c2=O)c1OC(C)=O. The molecule has 0 bridgehead atoms. The molecule has 0 aliphatic carbocycles. The molecule has 144 valence electrons. The Morgan fingerprint density at radius 2 is 2.07 bits per heavy atom. The maximum Gasteiger partial charge on any atom is 0.308 e. The molecular weight excluding hydrogens is 450 g/mol. The number of rotatable bonds is 4. The summed E-state index contributed by atoms with van der Waals surface area (Å²) in [5.74, 6) is 0.305. The first-order valence-electron chi connectivity index (χ1n) is 8.09. The fourth-order valence-corrected chi connectivity index (χ4v) is 3.18. The molecule has 0 unspecified atom stereocenters. The van der Waals surface area contributed by atoms with Crippen molar-refractivity contribution >= 4 is 50.6 Å². The first kappa shape index (κ1) is 20.0. The molecule has 0 aliphatic heterocycles. The maximum absolute atomic E-state index is 12.8. The van der Waals surface area contributed by atoms with Crippen molar-refractivity contribution in [1.29, 1.82) is 0 Å². The molecular formula is C19H15BrClN3O4. The van der Waals surface area contributed by atoms with E-state index in [2.05, 4.69) is 26.0 Å². The van der Waals surface area contributed by atoms with Crippen LogP contribution in [0.3, 0.4) is 0 Å². The highest BCUT2D eigenvalue weighted by Crippen LogP contribution is 2.34. The van der Waals surface area contributed by atoms with E-state index in [0.29, 0.717) is 27.3 Å². The lowest BCUT2D eigenvalue weighted by molar-refractivity contribution is -0.132. The molecule has 0 radical (unpaired) electrons. The Balaban J connectivity index is 2.15. The second kappa shape index (κ2) is 8.12. The van der Waals surface area contributed by atoms with Gasteiger partial charge in [-0.3, -0.25) is 9.59 Å². The molecule has 2 aromatic carbocycles. The van der Waals surface area contributed by atoms with Crippen LogP contribution >= 0.6 is 27.5 Å². The third kappa shape index (κ3) is 4.07. The minimum atomic E-state index is -0.527. The third-order valence-corrected chi connectivity index (χ3v) is 4.51. The smallest absolute Gasteiger partial charge is 0.308 e. The summed E-state index contributed by atoms with van der Waals surface area (Å²) in [6.07, 6.45) is 1.37. The third-order valence-electron chi connectivity index (χ3n) is 3.80. The molecule has 0 saturated heterocycles. The first-order valence-corrected chi connectivity index (χ1v) is 9.26. The van der Waals surface area contributed by atoms with E-state index in [4.69, 9.17) is 21.1 Å². The first-order chi connectivity index (χ1) is 13.3. The number of methoxy groups -OCH3 is 1. The van der Waals surface area contributed by atoms with E-state index in [1.807, 2.05) is 6.07 Å². The minimum Gasteiger partial charge on any atom is -0.493 e. The van der Waals surface area contributed by atoms with Gasteiger partial charge in [-0.1, -0.05) is 27.5 Å². The lowest BCUT2D eigenvalue weighted by Crippen LogP contribution is -2.20. The van der Waals surface area contributed by atoms with Crippen LogP contribution in [-0.2, 0) is 4.79 Å². The molecule has 0 saturated carbocycles. The monoisotopic (exact) mass is 463 g/mol. The van der Waals surface area contributed by atoms with Gasteiger partial charge in [0, 0.05) is 28.0 Å². The summed E-state index contributed by atoms with van der Waals surface area (Å²) >= 11 is 9.46. The Bertz CT molecular complexity index is 1170. The highest BCUT2D eigenvalue weighted by Gasteiger charge is 2.14. The van der Waals surface area contributed by atoms with E-state index in [9.17, 15) is 9.59 Å². The van der Waals surface area contributed by atoms with Crippen LogP contribution in [0, 0.1) is 6.92 Å². The van der Waals surface area contributed by atoms with E-state index >= 15 is 0 Å². The van der Waals surface area contributed by atoms with Crippen LogP contribution in [0.25, 0.3) is 10.9 Å². The molecule has 0 aliphatic rings. The van der Waals surface area contributed by atoms with E-state index in [1.54, 1.807) is 25.1 Å². The molecule has 1 aromatic heterocycles. The van der Waals surface area contributed by atoms with Crippen molar-refractivity contribution in [3.63, 3.8) is 0 Å². The molecule has 28 heavy (non-hydrogen) atoms. The lowest BCUT2D eigenvalue weighted by Gasteiger charge is -2.11. The number of carbonyl (C=O) groups excluding carboxylic acids is 1. The number of nitrogens with zero attached hydrogens (tertiary/aromatic N) is 3. The van der Waals surface area contributed by atoms with Crippen LogP contribution in [0.5, 0.6) is 11.5 Å². The molecule has 0 spiro atoms. The summed E-state index contributed by atoms with van der Waals surface area (Å²) in [7, 11) is 1.43. The summed E-state index contributed by atoms with van der Waals surface area (Å²) < 4.78 is 12.4. The van der Waals surface area contributed by atoms with Gasteiger partial charge in [-0.25, -0.2) is 4.98 Å². The number of fused-ring (bicyclic) bond motifs is 1. The quantitative estimate of drug-likeness (QED) is 0.332. The Kier molecular flexibility index (Phi) is 5.81. The van der Waals surface area contributed by atoms with E-state index in [-0.39, 0.29) is 17.1 Å². The fraction of sp³-hybridized carbons (Fsp3) is 0.158. The number of halogens is 2. The maximum atomic E-state index is 12.8. The van der Waals surface area contributed by atoms with Gasteiger partial charge in [0.15, 0.2) is 11.5 Å². The van der Waals surface area contributed by atoms with Crippen LogP contribution in [0.15, 0.2) is 44.7 Å². The van der Waals surface area contributed by atoms with Gasteiger partial charge in [-0.15, -0.1) is 0 Å². The van der Waals surface area contributed by atoms with Crippen LogP contribution in [0.1, 0.15) is 18.3 Å². The summed E-state index contributed by atoms with van der Waals surface area (Å²) in [4.78, 5) is 28.7. The molecule has 0 atom stereocenters. The number of hydrogen-bond acceptors (Lipinski definition) is 6. The highest BCUT2D eigenvalue weighted by atomic mass is 79.9. The van der Waals surface area contributed by atoms with Crippen LogP contribution in [-0.4, -0.2) is 29.0 Å². The Hall–Kier alpha value is -2.71. The van der Waals surface area contributed by atoms with Crippen molar-refractivity contribution in [3.8, 4) is 11.5 Å². The molecule has 1 heterocycles. The average Bonchev–Trinajstić information content (AvgIpc) is 2.63. The second-order valence-corrected chi connectivity index (χ2v) is 7.15. The van der Waals surface area contributed by atoms with Crippen molar-refractivity contribution in [1.82, 2.24) is 9.66 Å². The topological polar surface area (TPSA) is 82.8 Å². The van der Waals surface area contributed by atoms with Crippen molar-refractivity contribution in [2.45, 2.75) is 13.8 Å². The predicted octanol–water partition coefficient (Wildman–Crippen LogP) is 3.94. The Morgan fingerprint density at radius 3 is 2.75 bits per heavy atom. The number of benzene rings is 2. The molecule has 0 amide bonds. The van der Waals surface area contributed by atoms with Crippen LogP contribution < -0.4 is 15.0 Å². The van der Waals surface area contributed by atoms with E-state index < -0.39 is 5.97 Å². The number of aryl methyl sites for hydroxylation is 1. The number of esters is 1. The largest absolute Gasteiger partial charge is 0.493 e.